The molecule has 0 saturated carbocycles. The van der Waals surface area contributed by atoms with E-state index in [0.29, 0.717) is 0 Å². The van der Waals surface area contributed by atoms with Crippen LogP contribution in [0.5, 0.6) is 0 Å². The van der Waals surface area contributed by atoms with E-state index in [-0.39, 0.29) is 7.53 Å². The number of benzene rings is 2. The van der Waals surface area contributed by atoms with Crippen molar-refractivity contribution in [2.75, 3.05) is 0 Å². The first-order valence-electron chi connectivity index (χ1n) is 5.00. The van der Waals surface area contributed by atoms with Gasteiger partial charge in [-0.25, -0.2) is 0 Å². The van der Waals surface area contributed by atoms with Gasteiger partial charge in [-0.15, -0.1) is 7.53 Å². The van der Waals surface area contributed by atoms with Crippen LogP contribution in [0.25, 0.3) is 21.0 Å². The lowest BCUT2D eigenvalue weighted by Gasteiger charge is -1.94. The first-order chi connectivity index (χ1) is 7.66. The lowest BCUT2D eigenvalue weighted by Crippen LogP contribution is -1.67. The SMILES string of the molecule is Cp1c2cc(Br)ccc2c2ccc(Br)cc21. The van der Waals surface area contributed by atoms with Crippen LogP contribution in [0, 0.1) is 0 Å². The minimum atomic E-state index is -0.189. The highest BCUT2D eigenvalue weighted by molar-refractivity contribution is 9.10. The van der Waals surface area contributed by atoms with Crippen LogP contribution in [0.1, 0.15) is 0 Å². The van der Waals surface area contributed by atoms with E-state index >= 15 is 0 Å². The summed E-state index contributed by atoms with van der Waals surface area (Å²) in [4.78, 5) is 0. The number of rotatable bonds is 0. The van der Waals surface area contributed by atoms with Crippen molar-refractivity contribution in [3.05, 3.63) is 45.3 Å². The molecule has 0 aliphatic heterocycles. The zero-order valence-corrected chi connectivity index (χ0v) is 12.7. The Kier molecular flexibility index (Phi) is 2.62. The molecule has 0 fully saturated rings. The van der Waals surface area contributed by atoms with Gasteiger partial charge in [0.2, 0.25) is 0 Å². The quantitative estimate of drug-likeness (QED) is 0.461. The Morgan fingerprint density at radius 2 is 1.25 bits per heavy atom. The van der Waals surface area contributed by atoms with Crippen molar-refractivity contribution in [3.8, 4) is 0 Å². The summed E-state index contributed by atoms with van der Waals surface area (Å²) in [7, 11) is -0.189. The summed E-state index contributed by atoms with van der Waals surface area (Å²) >= 11 is 7.11. The van der Waals surface area contributed by atoms with Crippen LogP contribution < -0.4 is 0 Å². The van der Waals surface area contributed by atoms with Gasteiger partial charge in [-0.1, -0.05) is 44.0 Å². The maximum absolute atomic E-state index is 3.55. The lowest BCUT2D eigenvalue weighted by atomic mass is 10.2. The summed E-state index contributed by atoms with van der Waals surface area (Å²) in [5.74, 6) is 0. The highest BCUT2D eigenvalue weighted by atomic mass is 79.9. The Balaban J connectivity index is 2.59. The van der Waals surface area contributed by atoms with Gasteiger partial charge >= 0.3 is 0 Å². The standard InChI is InChI=1S/C13H9Br2P/c1-16-12-6-8(14)2-4-10(12)11-5-3-9(15)7-13(11)16/h2-7H,1H3. The molecule has 0 N–H and O–H groups in total. The lowest BCUT2D eigenvalue weighted by molar-refractivity contribution is 1.76. The van der Waals surface area contributed by atoms with Crippen LogP contribution in [0.4, 0.5) is 0 Å². The van der Waals surface area contributed by atoms with E-state index in [4.69, 9.17) is 0 Å². The molecule has 0 spiro atoms. The zero-order chi connectivity index (χ0) is 11.3. The van der Waals surface area contributed by atoms with Crippen molar-refractivity contribution >= 4 is 60.4 Å². The summed E-state index contributed by atoms with van der Waals surface area (Å²) in [6.45, 7) is 2.33. The average molecular weight is 356 g/mol. The first-order valence-corrected chi connectivity index (χ1v) is 8.37. The Hall–Kier alpha value is -0.300. The van der Waals surface area contributed by atoms with Gasteiger partial charge in [-0.2, -0.15) is 0 Å². The smallest absolute Gasteiger partial charge is 0.0184 e. The molecule has 3 heteroatoms. The van der Waals surface area contributed by atoms with Crippen LogP contribution >= 0.6 is 39.4 Å². The molecule has 0 amide bonds. The largest absolute Gasteiger partial charge is 0.112 e. The summed E-state index contributed by atoms with van der Waals surface area (Å²) in [6.07, 6.45) is 0. The molecule has 0 saturated heterocycles. The molecule has 0 atom stereocenters. The molecule has 16 heavy (non-hydrogen) atoms. The average Bonchev–Trinajstić information content (AvgIpc) is 2.53. The van der Waals surface area contributed by atoms with Gasteiger partial charge in [-0.05, 0) is 41.7 Å². The van der Waals surface area contributed by atoms with Crippen molar-refractivity contribution in [3.63, 3.8) is 0 Å². The molecular weight excluding hydrogens is 347 g/mol. The maximum atomic E-state index is 3.55. The Labute approximate surface area is 112 Å². The molecule has 3 aromatic rings. The van der Waals surface area contributed by atoms with Crippen LogP contribution in [-0.2, 0) is 6.66 Å². The molecule has 2 aromatic carbocycles. The second-order valence-electron chi connectivity index (χ2n) is 3.88. The molecule has 1 heterocycles. The van der Waals surface area contributed by atoms with Gasteiger partial charge in [0.1, 0.15) is 0 Å². The number of hydrogen-bond acceptors (Lipinski definition) is 0. The van der Waals surface area contributed by atoms with E-state index in [1.54, 1.807) is 0 Å². The molecule has 0 bridgehead atoms. The summed E-state index contributed by atoms with van der Waals surface area (Å²) in [6, 6.07) is 13.2. The Morgan fingerprint density at radius 1 is 0.812 bits per heavy atom. The minimum absolute atomic E-state index is 0.189. The maximum Gasteiger partial charge on any atom is 0.0184 e. The van der Waals surface area contributed by atoms with E-state index in [1.807, 2.05) is 0 Å². The number of fused-ring (bicyclic) bond motifs is 3. The van der Waals surface area contributed by atoms with E-state index in [2.05, 4.69) is 74.9 Å². The fourth-order valence-electron chi connectivity index (χ4n) is 2.15. The minimum Gasteiger partial charge on any atom is -0.112 e. The third-order valence-electron chi connectivity index (χ3n) is 2.93. The van der Waals surface area contributed by atoms with E-state index in [1.165, 1.54) is 30.0 Å². The van der Waals surface area contributed by atoms with E-state index in [0.717, 1.165) is 0 Å². The Bertz CT molecular complexity index is 639. The first kappa shape index (κ1) is 10.8. The van der Waals surface area contributed by atoms with Crippen molar-refractivity contribution in [2.24, 2.45) is 6.66 Å². The fraction of sp³-hybridized carbons (Fsp3) is 0.0769. The summed E-state index contributed by atoms with van der Waals surface area (Å²) < 4.78 is 2.35. The van der Waals surface area contributed by atoms with Gasteiger partial charge in [0, 0.05) is 19.2 Å². The molecule has 0 unspecified atom stereocenters. The van der Waals surface area contributed by atoms with Crippen molar-refractivity contribution < 1.29 is 0 Å². The summed E-state index contributed by atoms with van der Waals surface area (Å²) in [5.41, 5.74) is 0. The molecule has 3 rings (SSSR count). The highest BCUT2D eigenvalue weighted by Crippen LogP contribution is 2.48. The molecule has 80 valence electrons. The van der Waals surface area contributed by atoms with Gasteiger partial charge in [-0.3, -0.25) is 0 Å². The molecule has 0 aliphatic rings. The second-order valence-corrected chi connectivity index (χ2v) is 7.79. The van der Waals surface area contributed by atoms with Gasteiger partial charge < -0.3 is 0 Å². The van der Waals surface area contributed by atoms with E-state index < -0.39 is 0 Å². The van der Waals surface area contributed by atoms with Crippen LogP contribution in [0.2, 0.25) is 0 Å². The van der Waals surface area contributed by atoms with Crippen LogP contribution in [0.3, 0.4) is 0 Å². The van der Waals surface area contributed by atoms with Crippen molar-refractivity contribution in [1.29, 1.82) is 0 Å². The number of halogens is 2. The van der Waals surface area contributed by atoms with Crippen LogP contribution in [-0.4, -0.2) is 0 Å². The topological polar surface area (TPSA) is 0 Å². The van der Waals surface area contributed by atoms with Crippen molar-refractivity contribution in [1.82, 2.24) is 0 Å². The monoisotopic (exact) mass is 354 g/mol. The Morgan fingerprint density at radius 3 is 1.69 bits per heavy atom. The number of aryl methyl sites for hydroxylation is 1. The molecule has 0 aliphatic carbocycles. The van der Waals surface area contributed by atoms with Crippen molar-refractivity contribution in [2.45, 2.75) is 0 Å². The second kappa shape index (κ2) is 3.87. The zero-order valence-electron chi connectivity index (χ0n) is 8.67. The van der Waals surface area contributed by atoms with Gasteiger partial charge in [0.05, 0.1) is 0 Å². The third kappa shape index (κ3) is 1.55. The van der Waals surface area contributed by atoms with E-state index in [9.17, 15) is 0 Å². The number of hydrogen-bond donors (Lipinski definition) is 0. The molecule has 1 aromatic heterocycles. The predicted octanol–water partition coefficient (Wildman–Crippen LogP) is 6.04. The molecule has 0 radical (unpaired) electrons. The van der Waals surface area contributed by atoms with Crippen LogP contribution in [0.15, 0.2) is 45.3 Å². The highest BCUT2D eigenvalue weighted by Gasteiger charge is 2.08. The third-order valence-corrected chi connectivity index (χ3v) is 6.10. The normalized spacial score (nSPS) is 11.4. The van der Waals surface area contributed by atoms with Gasteiger partial charge in [0.25, 0.3) is 0 Å². The van der Waals surface area contributed by atoms with Gasteiger partial charge in [0.15, 0.2) is 0 Å². The fourth-order valence-corrected chi connectivity index (χ4v) is 5.26. The molecule has 0 nitrogen and oxygen atoms in total. The summed E-state index contributed by atoms with van der Waals surface area (Å²) in [5, 5.41) is 5.77. The predicted molar refractivity (Wildman–Crippen MR) is 80.5 cm³/mol. The molecular formula is C13H9Br2P.